The van der Waals surface area contributed by atoms with Crippen LogP contribution in [-0.4, -0.2) is 59.5 Å². The van der Waals surface area contributed by atoms with Gasteiger partial charge in [-0.3, -0.25) is 14.8 Å². The summed E-state index contributed by atoms with van der Waals surface area (Å²) in [5.41, 5.74) is 0.619. The molecule has 10 heteroatoms. The average Bonchev–Trinajstić information content (AvgIpc) is 3.65. The van der Waals surface area contributed by atoms with E-state index in [9.17, 15) is 27.9 Å². The molecule has 178 valence electrons. The zero-order valence-electron chi connectivity index (χ0n) is 18.4. The third kappa shape index (κ3) is 6.02. The Bertz CT molecular complexity index is 1080. The molecule has 2 aliphatic rings. The first-order chi connectivity index (χ1) is 15.5. The average molecular weight is 481 g/mol. The lowest BCUT2D eigenvalue weighted by Gasteiger charge is -2.24. The molecule has 0 amide bonds. The Kier molecular flexibility index (Phi) is 6.67. The molecule has 0 N–H and O–H groups in total. The Balaban J connectivity index is 1.56. The number of nitrogens with zero attached hydrogens (tertiary/aromatic N) is 3. The van der Waals surface area contributed by atoms with Crippen LogP contribution in [-0.2, 0) is 17.2 Å². The standard InChI is InChI=1S/C23H27F3N3O3P/c1-17(16-33(32,28-9-10-28)12-11-27-7-8-27)19-5-6-22(29(30)31)20(15-19)13-18-3-2-4-21(14-18)23(24,25)26/h2-6,14-15,17H,7-13,16H2,1H3/t17-,33-/m0/s1. The second-order valence-electron chi connectivity index (χ2n) is 8.97. The topological polar surface area (TPSA) is 66.2 Å². The lowest BCUT2D eigenvalue weighted by atomic mass is 9.95. The van der Waals surface area contributed by atoms with Crippen molar-refractivity contribution in [3.63, 3.8) is 0 Å². The van der Waals surface area contributed by atoms with E-state index in [-0.39, 0.29) is 18.0 Å². The summed E-state index contributed by atoms with van der Waals surface area (Å²) in [4.78, 5) is 13.3. The molecule has 2 fully saturated rings. The van der Waals surface area contributed by atoms with Crippen LogP contribution in [0.4, 0.5) is 18.9 Å². The van der Waals surface area contributed by atoms with Crippen LogP contribution in [0.1, 0.15) is 35.1 Å². The predicted octanol–water partition coefficient (Wildman–Crippen LogP) is 5.22. The second kappa shape index (κ2) is 9.20. The smallest absolute Gasteiger partial charge is 0.306 e. The van der Waals surface area contributed by atoms with Crippen LogP contribution in [0, 0.1) is 10.1 Å². The molecule has 2 aliphatic heterocycles. The summed E-state index contributed by atoms with van der Waals surface area (Å²) in [5, 5.41) is 11.6. The molecule has 0 spiro atoms. The van der Waals surface area contributed by atoms with Gasteiger partial charge in [-0.05, 0) is 29.2 Å². The van der Waals surface area contributed by atoms with Crippen LogP contribution < -0.4 is 0 Å². The molecule has 2 saturated heterocycles. The lowest BCUT2D eigenvalue weighted by molar-refractivity contribution is -0.385. The van der Waals surface area contributed by atoms with E-state index in [2.05, 4.69) is 4.90 Å². The molecule has 0 bridgehead atoms. The van der Waals surface area contributed by atoms with Crippen LogP contribution >= 0.6 is 7.29 Å². The molecule has 2 heterocycles. The van der Waals surface area contributed by atoms with Gasteiger partial charge >= 0.3 is 6.18 Å². The van der Waals surface area contributed by atoms with Gasteiger partial charge in [0.15, 0.2) is 7.29 Å². The zero-order valence-corrected chi connectivity index (χ0v) is 19.3. The van der Waals surface area contributed by atoms with E-state index < -0.39 is 24.0 Å². The SMILES string of the molecule is C[C@@H](C[P@@](=O)(CCN1CC1)N1CC1)c1ccc([N+](=O)[O-])c(Cc2cccc(C(F)(F)F)c2)c1. The third-order valence-electron chi connectivity index (χ3n) is 6.32. The highest BCUT2D eigenvalue weighted by atomic mass is 31.2. The highest BCUT2D eigenvalue weighted by molar-refractivity contribution is 7.61. The van der Waals surface area contributed by atoms with Gasteiger partial charge in [-0.15, -0.1) is 0 Å². The molecule has 0 unspecified atom stereocenters. The largest absolute Gasteiger partial charge is 0.416 e. The van der Waals surface area contributed by atoms with Crippen LogP contribution in [0.5, 0.6) is 0 Å². The Labute approximate surface area is 191 Å². The Morgan fingerprint density at radius 2 is 1.85 bits per heavy atom. The van der Waals surface area contributed by atoms with Gasteiger partial charge in [0.05, 0.1) is 10.5 Å². The first kappa shape index (κ1) is 23.9. The fraction of sp³-hybridized carbons (Fsp3) is 0.478. The molecule has 0 aromatic heterocycles. The van der Waals surface area contributed by atoms with Gasteiger partial charge < -0.3 is 9.46 Å². The minimum atomic E-state index is -4.48. The van der Waals surface area contributed by atoms with Gasteiger partial charge in [-0.1, -0.05) is 31.2 Å². The van der Waals surface area contributed by atoms with Gasteiger partial charge in [0.2, 0.25) is 0 Å². The number of hydrogen-bond donors (Lipinski definition) is 0. The van der Waals surface area contributed by atoms with Gasteiger partial charge in [-0.25, -0.2) is 0 Å². The van der Waals surface area contributed by atoms with E-state index in [1.807, 2.05) is 11.6 Å². The highest BCUT2D eigenvalue weighted by Crippen LogP contribution is 2.56. The second-order valence-corrected chi connectivity index (χ2v) is 12.0. The molecule has 0 saturated carbocycles. The minimum Gasteiger partial charge on any atom is -0.306 e. The maximum atomic E-state index is 13.7. The summed E-state index contributed by atoms with van der Waals surface area (Å²) < 4.78 is 55.0. The molecule has 0 radical (unpaired) electrons. The van der Waals surface area contributed by atoms with Crippen molar-refractivity contribution in [3.8, 4) is 0 Å². The van der Waals surface area contributed by atoms with E-state index in [0.717, 1.165) is 50.4 Å². The van der Waals surface area contributed by atoms with E-state index >= 15 is 0 Å². The number of benzene rings is 2. The zero-order chi connectivity index (χ0) is 23.8. The number of rotatable bonds is 10. The first-order valence-electron chi connectivity index (χ1n) is 11.0. The van der Waals surface area contributed by atoms with Crippen LogP contribution in [0.15, 0.2) is 42.5 Å². The van der Waals surface area contributed by atoms with Crippen molar-refractivity contribution in [3.05, 3.63) is 74.8 Å². The Morgan fingerprint density at radius 3 is 2.45 bits per heavy atom. The maximum Gasteiger partial charge on any atom is 0.416 e. The number of alkyl halides is 3. The van der Waals surface area contributed by atoms with Crippen LogP contribution in [0.25, 0.3) is 0 Å². The number of halogens is 3. The number of hydrogen-bond acceptors (Lipinski definition) is 4. The third-order valence-corrected chi connectivity index (χ3v) is 9.77. The molecule has 2 aromatic carbocycles. The first-order valence-corrected chi connectivity index (χ1v) is 13.1. The van der Waals surface area contributed by atoms with Gasteiger partial charge in [0.1, 0.15) is 0 Å². The quantitative estimate of drug-likeness (QED) is 0.202. The summed E-state index contributed by atoms with van der Waals surface area (Å²) in [6, 6.07) is 9.65. The van der Waals surface area contributed by atoms with Crippen molar-refractivity contribution in [2.24, 2.45) is 0 Å². The molecule has 2 atom stereocenters. The van der Waals surface area contributed by atoms with E-state index in [1.165, 1.54) is 18.2 Å². The molecule has 2 aromatic rings. The number of nitro groups is 1. The monoisotopic (exact) mass is 481 g/mol. The molecular formula is C23H27F3N3O3P. The van der Waals surface area contributed by atoms with Crippen molar-refractivity contribution in [2.75, 3.05) is 45.0 Å². The normalized spacial score (nSPS) is 19.2. The fourth-order valence-electron chi connectivity index (χ4n) is 4.19. The molecule has 4 rings (SSSR count). The summed E-state index contributed by atoms with van der Waals surface area (Å²) in [7, 11) is -2.52. The van der Waals surface area contributed by atoms with E-state index in [4.69, 9.17) is 0 Å². The van der Waals surface area contributed by atoms with Crippen molar-refractivity contribution in [2.45, 2.75) is 25.4 Å². The van der Waals surface area contributed by atoms with Crippen molar-refractivity contribution >= 4 is 13.0 Å². The fourth-order valence-corrected chi connectivity index (χ4v) is 7.37. The lowest BCUT2D eigenvalue weighted by Crippen LogP contribution is -2.15. The van der Waals surface area contributed by atoms with Crippen molar-refractivity contribution in [1.29, 1.82) is 0 Å². The predicted molar refractivity (Wildman–Crippen MR) is 121 cm³/mol. The Morgan fingerprint density at radius 1 is 1.12 bits per heavy atom. The summed E-state index contributed by atoms with van der Waals surface area (Å²) in [6.07, 6.45) is -3.34. The van der Waals surface area contributed by atoms with Crippen LogP contribution in [0.3, 0.4) is 0 Å². The summed E-state index contributed by atoms with van der Waals surface area (Å²) >= 11 is 0. The Hall–Kier alpha value is -2.22. The minimum absolute atomic E-state index is 0.0134. The van der Waals surface area contributed by atoms with Gasteiger partial charge in [0.25, 0.3) is 5.69 Å². The summed E-state index contributed by atoms with van der Waals surface area (Å²) in [5.74, 6) is -0.0910. The van der Waals surface area contributed by atoms with Crippen molar-refractivity contribution < 1.29 is 22.7 Å². The molecule has 6 nitrogen and oxygen atoms in total. The molecule has 0 aliphatic carbocycles. The van der Waals surface area contributed by atoms with Gasteiger partial charge in [-0.2, -0.15) is 13.2 Å². The van der Waals surface area contributed by atoms with E-state index in [0.29, 0.717) is 23.5 Å². The summed E-state index contributed by atoms with van der Waals surface area (Å²) in [6.45, 7) is 6.56. The van der Waals surface area contributed by atoms with E-state index in [1.54, 1.807) is 12.1 Å². The highest BCUT2D eigenvalue weighted by Gasteiger charge is 2.39. The maximum absolute atomic E-state index is 13.7. The van der Waals surface area contributed by atoms with Gasteiger partial charge in [0, 0.05) is 63.1 Å². The molecule has 33 heavy (non-hydrogen) atoms. The van der Waals surface area contributed by atoms with Crippen LogP contribution in [0.2, 0.25) is 0 Å². The van der Waals surface area contributed by atoms with Crippen molar-refractivity contribution in [1.82, 2.24) is 9.57 Å². The molecular weight excluding hydrogens is 454 g/mol. The number of nitro benzene ring substituents is 1.